The summed E-state index contributed by atoms with van der Waals surface area (Å²) in [5, 5.41) is 19.8. The number of carbonyl (C=O) groups is 1. The number of nitriles is 1. The zero-order valence-electron chi connectivity index (χ0n) is 15.1. The van der Waals surface area contributed by atoms with E-state index < -0.39 is 5.92 Å². The number of nitrogens with zero attached hydrogens (tertiary/aromatic N) is 1. The zero-order chi connectivity index (χ0) is 19.8. The largest absolute Gasteiger partial charge is 0.504 e. The number of carbonyl (C=O) groups excluding carboxylic acids is 1. The molecule has 2 aromatic rings. The number of methoxy groups -OCH3 is 1. The molecule has 142 valence electrons. The Morgan fingerprint density at radius 1 is 1.32 bits per heavy atom. The minimum atomic E-state index is -0.699. The van der Waals surface area contributed by atoms with Crippen molar-refractivity contribution in [1.29, 1.82) is 5.26 Å². The van der Waals surface area contributed by atoms with Crippen LogP contribution >= 0.6 is 0 Å². The highest BCUT2D eigenvalue weighted by molar-refractivity contribution is 6.00. The van der Waals surface area contributed by atoms with Crippen LogP contribution < -0.4 is 10.5 Å². The summed E-state index contributed by atoms with van der Waals surface area (Å²) in [7, 11) is 1.45. The molecule has 2 heterocycles. The van der Waals surface area contributed by atoms with Gasteiger partial charge in [0.25, 0.3) is 0 Å². The number of phenols is 1. The SMILES string of the molecule is COc1ccc([C@@H]2C(C#N)=C(N)OC3=C2C(=O)C[C@@H](c2ccco2)C3)cc1O. The average Bonchev–Trinajstić information content (AvgIpc) is 3.21. The number of benzene rings is 1. The van der Waals surface area contributed by atoms with Crippen LogP contribution in [0.15, 0.2) is 63.8 Å². The maximum absolute atomic E-state index is 13.1. The van der Waals surface area contributed by atoms with Crippen molar-refractivity contribution >= 4 is 5.78 Å². The maximum atomic E-state index is 13.1. The molecule has 28 heavy (non-hydrogen) atoms. The van der Waals surface area contributed by atoms with E-state index in [-0.39, 0.29) is 35.3 Å². The van der Waals surface area contributed by atoms with Crippen LogP contribution in [0, 0.1) is 11.3 Å². The number of Topliss-reactive ketones (excluding diaryl/α,β-unsaturated/α-hetero) is 1. The highest BCUT2D eigenvalue weighted by Gasteiger charge is 2.41. The first-order valence-electron chi connectivity index (χ1n) is 8.77. The highest BCUT2D eigenvalue weighted by atomic mass is 16.5. The second-order valence-electron chi connectivity index (χ2n) is 6.74. The number of hydrogen-bond acceptors (Lipinski definition) is 7. The number of hydrogen-bond donors (Lipinski definition) is 2. The summed E-state index contributed by atoms with van der Waals surface area (Å²) in [4.78, 5) is 13.1. The zero-order valence-corrected chi connectivity index (χ0v) is 15.1. The predicted octanol–water partition coefficient (Wildman–Crippen LogP) is 3.20. The van der Waals surface area contributed by atoms with Crippen LogP contribution in [0.3, 0.4) is 0 Å². The summed E-state index contributed by atoms with van der Waals surface area (Å²) in [6, 6.07) is 10.4. The van der Waals surface area contributed by atoms with Crippen LogP contribution in [0.1, 0.15) is 36.0 Å². The third-order valence-corrected chi connectivity index (χ3v) is 5.14. The summed E-state index contributed by atoms with van der Waals surface area (Å²) >= 11 is 0. The minimum Gasteiger partial charge on any atom is -0.504 e. The first kappa shape index (κ1) is 17.7. The van der Waals surface area contributed by atoms with Crippen LogP contribution in [0.4, 0.5) is 0 Å². The maximum Gasteiger partial charge on any atom is 0.205 e. The van der Waals surface area contributed by atoms with E-state index in [0.29, 0.717) is 34.8 Å². The lowest BCUT2D eigenvalue weighted by Gasteiger charge is -2.33. The number of ether oxygens (including phenoxy) is 2. The van der Waals surface area contributed by atoms with Gasteiger partial charge in [0.2, 0.25) is 5.88 Å². The Hall–Kier alpha value is -3.66. The van der Waals surface area contributed by atoms with Crippen LogP contribution in [0.2, 0.25) is 0 Å². The lowest BCUT2D eigenvalue weighted by Crippen LogP contribution is -2.29. The molecule has 0 fully saturated rings. The van der Waals surface area contributed by atoms with E-state index in [1.54, 1.807) is 24.5 Å². The molecule has 0 saturated heterocycles. The second kappa shape index (κ2) is 6.82. The third kappa shape index (κ3) is 2.79. The summed E-state index contributed by atoms with van der Waals surface area (Å²) in [6.45, 7) is 0. The second-order valence-corrected chi connectivity index (χ2v) is 6.74. The molecule has 2 atom stereocenters. The molecular weight excluding hydrogens is 360 g/mol. The number of nitrogens with two attached hydrogens (primary N) is 1. The molecule has 2 aliphatic rings. The van der Waals surface area contributed by atoms with Gasteiger partial charge in [-0.05, 0) is 29.8 Å². The number of ketones is 1. The van der Waals surface area contributed by atoms with E-state index in [9.17, 15) is 15.2 Å². The van der Waals surface area contributed by atoms with Gasteiger partial charge in [0.05, 0.1) is 19.3 Å². The van der Waals surface area contributed by atoms with Crippen LogP contribution in [-0.4, -0.2) is 18.0 Å². The summed E-state index contributed by atoms with van der Waals surface area (Å²) in [6.07, 6.45) is 2.25. The van der Waals surface area contributed by atoms with E-state index in [1.807, 2.05) is 6.07 Å². The first-order chi connectivity index (χ1) is 13.5. The van der Waals surface area contributed by atoms with E-state index in [1.165, 1.54) is 13.2 Å². The molecule has 1 aliphatic carbocycles. The summed E-state index contributed by atoms with van der Waals surface area (Å²) < 4.78 is 16.2. The van der Waals surface area contributed by atoms with Crippen molar-refractivity contribution < 1.29 is 23.8 Å². The molecule has 0 unspecified atom stereocenters. The number of phenolic OH excluding ortho intramolecular Hbond substituents is 1. The smallest absolute Gasteiger partial charge is 0.205 e. The van der Waals surface area contributed by atoms with Gasteiger partial charge in [-0.25, -0.2) is 0 Å². The van der Waals surface area contributed by atoms with Gasteiger partial charge in [-0.3, -0.25) is 4.79 Å². The molecule has 1 aliphatic heterocycles. The number of aromatic hydroxyl groups is 1. The fourth-order valence-electron chi connectivity index (χ4n) is 3.85. The van der Waals surface area contributed by atoms with Crippen molar-refractivity contribution in [2.24, 2.45) is 5.73 Å². The van der Waals surface area contributed by atoms with E-state index >= 15 is 0 Å². The molecular formula is C21H18N2O5. The van der Waals surface area contributed by atoms with Crippen molar-refractivity contribution in [1.82, 2.24) is 0 Å². The molecule has 0 saturated carbocycles. The molecule has 0 amide bonds. The number of furan rings is 1. The average molecular weight is 378 g/mol. The van der Waals surface area contributed by atoms with Gasteiger partial charge in [-0.2, -0.15) is 5.26 Å². The molecule has 0 spiro atoms. The monoisotopic (exact) mass is 378 g/mol. The molecule has 3 N–H and O–H groups in total. The van der Waals surface area contributed by atoms with E-state index in [2.05, 4.69) is 6.07 Å². The summed E-state index contributed by atoms with van der Waals surface area (Å²) in [5.74, 6) is 0.343. The number of allylic oxidation sites excluding steroid dienone is 3. The molecule has 1 aromatic heterocycles. The fraction of sp³-hybridized carbons (Fsp3) is 0.238. The molecule has 0 radical (unpaired) electrons. The van der Waals surface area contributed by atoms with Gasteiger partial charge in [0, 0.05) is 24.3 Å². The third-order valence-electron chi connectivity index (χ3n) is 5.14. The van der Waals surface area contributed by atoms with Crippen molar-refractivity contribution in [2.75, 3.05) is 7.11 Å². The molecule has 1 aromatic carbocycles. The Morgan fingerprint density at radius 3 is 2.79 bits per heavy atom. The van der Waals surface area contributed by atoms with Gasteiger partial charge in [0.15, 0.2) is 17.3 Å². The van der Waals surface area contributed by atoms with Gasteiger partial charge < -0.3 is 24.7 Å². The fourth-order valence-corrected chi connectivity index (χ4v) is 3.85. The lowest BCUT2D eigenvalue weighted by atomic mass is 9.74. The van der Waals surface area contributed by atoms with Crippen molar-refractivity contribution in [3.8, 4) is 17.6 Å². The molecule has 7 nitrogen and oxygen atoms in total. The Balaban J connectivity index is 1.81. The van der Waals surface area contributed by atoms with E-state index in [0.717, 1.165) is 0 Å². The van der Waals surface area contributed by atoms with Gasteiger partial charge in [0.1, 0.15) is 23.2 Å². The van der Waals surface area contributed by atoms with E-state index in [4.69, 9.17) is 19.6 Å². The Morgan fingerprint density at radius 2 is 2.14 bits per heavy atom. The highest BCUT2D eigenvalue weighted by Crippen LogP contribution is 2.47. The van der Waals surface area contributed by atoms with Crippen LogP contribution in [-0.2, 0) is 9.53 Å². The first-order valence-corrected chi connectivity index (χ1v) is 8.77. The van der Waals surface area contributed by atoms with Crippen molar-refractivity contribution in [3.63, 3.8) is 0 Å². The standard InChI is InChI=1S/C21H18N2O5/c1-26-17-5-4-11(7-14(17)24)19-13(10-22)21(23)28-18-9-12(8-15(25)20(18)19)16-3-2-6-27-16/h2-7,12,19,24H,8-9,23H2,1H3/t12-,19-/m1/s1. The normalized spacial score (nSPS) is 21.8. The van der Waals surface area contributed by atoms with Crippen LogP contribution in [0.5, 0.6) is 11.5 Å². The molecule has 4 rings (SSSR count). The Kier molecular flexibility index (Phi) is 4.32. The Labute approximate surface area is 161 Å². The minimum absolute atomic E-state index is 0.0329. The van der Waals surface area contributed by atoms with Crippen LogP contribution in [0.25, 0.3) is 0 Å². The van der Waals surface area contributed by atoms with Gasteiger partial charge in [-0.15, -0.1) is 0 Å². The topological polar surface area (TPSA) is 119 Å². The molecule has 7 heteroatoms. The van der Waals surface area contributed by atoms with Crippen molar-refractivity contribution in [2.45, 2.75) is 24.7 Å². The van der Waals surface area contributed by atoms with Crippen molar-refractivity contribution in [3.05, 3.63) is 70.7 Å². The lowest BCUT2D eigenvalue weighted by molar-refractivity contribution is -0.117. The molecule has 0 bridgehead atoms. The quantitative estimate of drug-likeness (QED) is 0.842. The van der Waals surface area contributed by atoms with Gasteiger partial charge >= 0.3 is 0 Å². The Bertz CT molecular complexity index is 1040. The van der Waals surface area contributed by atoms with Gasteiger partial charge in [-0.1, -0.05) is 6.07 Å². The number of rotatable bonds is 3. The predicted molar refractivity (Wildman–Crippen MR) is 98.0 cm³/mol. The summed E-state index contributed by atoms with van der Waals surface area (Å²) in [5.41, 5.74) is 7.12.